The molecule has 3 heterocycles. The summed E-state index contributed by atoms with van der Waals surface area (Å²) in [5, 5.41) is 6.89. The van der Waals surface area contributed by atoms with E-state index in [1.54, 1.807) is 22.7 Å². The minimum Gasteiger partial charge on any atom is -0.483 e. The molecule has 0 aromatic carbocycles. The zero-order valence-corrected chi connectivity index (χ0v) is 18.9. The molecule has 2 aliphatic rings. The molecule has 174 valence electrons. The monoisotopic (exact) mass is 435 g/mol. The summed E-state index contributed by atoms with van der Waals surface area (Å²) >= 11 is 0. The molecule has 0 spiro atoms. The molecule has 31 heavy (non-hydrogen) atoms. The molecule has 0 saturated carbocycles. The zero-order valence-electron chi connectivity index (χ0n) is 18.9. The minimum atomic E-state index is -0.250. The van der Waals surface area contributed by atoms with Crippen molar-refractivity contribution in [1.29, 1.82) is 0 Å². The van der Waals surface area contributed by atoms with E-state index in [4.69, 9.17) is 14.6 Å². The normalized spacial score (nSPS) is 19.2. The van der Waals surface area contributed by atoms with Crippen LogP contribution in [0.25, 0.3) is 0 Å². The van der Waals surface area contributed by atoms with Crippen molar-refractivity contribution in [2.45, 2.75) is 64.5 Å². The van der Waals surface area contributed by atoms with Crippen LogP contribution in [0, 0.1) is 6.92 Å². The lowest BCUT2D eigenvalue weighted by Crippen LogP contribution is -2.38. The standard InChI is InChI=1S/C22H35N3O3.CH2O2/c1-18-10-15-25(17-19-9-7-16-28-19)22(27)20(18)21(26)23(2)11-8-14-24-12-5-3-4-6-13-24;2-1-3/h10,15,19H,3-9,11-14,16-17H2,1-2H3;1H,(H,2,3). The SMILES string of the molecule is Cc1ccn(CC2CCCO2)c(=O)c1C(=O)N(C)CCCN1CCCCCC1.O=CO. The summed E-state index contributed by atoms with van der Waals surface area (Å²) in [4.78, 5) is 38.5. The summed E-state index contributed by atoms with van der Waals surface area (Å²) < 4.78 is 7.29. The minimum absolute atomic E-state index is 0.0784. The maximum Gasteiger partial charge on any atom is 0.290 e. The molecule has 2 aliphatic heterocycles. The van der Waals surface area contributed by atoms with E-state index in [0.29, 0.717) is 18.7 Å². The highest BCUT2D eigenvalue weighted by atomic mass is 16.5. The number of nitrogens with zero attached hydrogens (tertiary/aromatic N) is 3. The van der Waals surface area contributed by atoms with E-state index >= 15 is 0 Å². The molecule has 8 nitrogen and oxygen atoms in total. The Labute approximate surface area is 184 Å². The van der Waals surface area contributed by atoms with Crippen molar-refractivity contribution in [1.82, 2.24) is 14.4 Å². The molecule has 1 aromatic heterocycles. The zero-order chi connectivity index (χ0) is 22.6. The largest absolute Gasteiger partial charge is 0.483 e. The summed E-state index contributed by atoms with van der Waals surface area (Å²) in [6.45, 7) is 6.92. The maximum absolute atomic E-state index is 13.0. The number of pyridine rings is 1. The number of carbonyl (C=O) groups is 2. The fourth-order valence-corrected chi connectivity index (χ4v) is 4.26. The summed E-state index contributed by atoms with van der Waals surface area (Å²) in [6, 6.07) is 1.87. The van der Waals surface area contributed by atoms with Crippen LogP contribution in [0.15, 0.2) is 17.1 Å². The van der Waals surface area contributed by atoms with Crippen LogP contribution in [-0.4, -0.2) is 77.8 Å². The third-order valence-corrected chi connectivity index (χ3v) is 6.02. The number of carboxylic acid groups (broad SMARTS) is 1. The van der Waals surface area contributed by atoms with Gasteiger partial charge in [-0.05, 0) is 70.3 Å². The predicted octanol–water partition coefficient (Wildman–Crippen LogP) is 2.37. The maximum atomic E-state index is 13.0. The number of rotatable bonds is 7. The van der Waals surface area contributed by atoms with Gasteiger partial charge >= 0.3 is 0 Å². The fourth-order valence-electron chi connectivity index (χ4n) is 4.26. The molecule has 3 rings (SSSR count). The van der Waals surface area contributed by atoms with E-state index in [0.717, 1.165) is 38.0 Å². The number of amides is 1. The summed E-state index contributed by atoms with van der Waals surface area (Å²) in [6.07, 6.45) is 10.0. The van der Waals surface area contributed by atoms with Crippen molar-refractivity contribution >= 4 is 12.4 Å². The van der Waals surface area contributed by atoms with Crippen LogP contribution in [0.3, 0.4) is 0 Å². The van der Waals surface area contributed by atoms with Crippen molar-refractivity contribution in [3.05, 3.63) is 33.7 Å². The van der Waals surface area contributed by atoms with E-state index in [2.05, 4.69) is 4.90 Å². The van der Waals surface area contributed by atoms with Gasteiger partial charge in [0.25, 0.3) is 17.9 Å². The van der Waals surface area contributed by atoms with Crippen LogP contribution in [0.2, 0.25) is 0 Å². The lowest BCUT2D eigenvalue weighted by atomic mass is 10.1. The molecule has 0 radical (unpaired) electrons. The molecular weight excluding hydrogens is 398 g/mol. The van der Waals surface area contributed by atoms with Crippen molar-refractivity contribution in [2.24, 2.45) is 0 Å². The fraction of sp³-hybridized carbons (Fsp3) is 0.696. The molecular formula is C23H37N3O5. The topological polar surface area (TPSA) is 92.1 Å². The van der Waals surface area contributed by atoms with Gasteiger partial charge in [-0.2, -0.15) is 0 Å². The van der Waals surface area contributed by atoms with E-state index in [-0.39, 0.29) is 24.0 Å². The third-order valence-electron chi connectivity index (χ3n) is 6.02. The van der Waals surface area contributed by atoms with Crippen molar-refractivity contribution in [2.75, 3.05) is 39.8 Å². The van der Waals surface area contributed by atoms with E-state index < -0.39 is 0 Å². The first kappa shape index (κ1) is 25.1. The Balaban J connectivity index is 0.00000107. The Hall–Kier alpha value is -2.19. The second-order valence-corrected chi connectivity index (χ2v) is 8.41. The van der Waals surface area contributed by atoms with Gasteiger partial charge in [0.2, 0.25) is 0 Å². The highest BCUT2D eigenvalue weighted by Gasteiger charge is 2.22. The van der Waals surface area contributed by atoms with Crippen LogP contribution in [-0.2, 0) is 16.1 Å². The Kier molecular flexibility index (Phi) is 10.7. The molecule has 2 fully saturated rings. The van der Waals surface area contributed by atoms with Gasteiger partial charge in [-0.15, -0.1) is 0 Å². The summed E-state index contributed by atoms with van der Waals surface area (Å²) in [5.74, 6) is -0.167. The van der Waals surface area contributed by atoms with Gasteiger partial charge in [-0.1, -0.05) is 12.8 Å². The lowest BCUT2D eigenvalue weighted by Gasteiger charge is -2.23. The van der Waals surface area contributed by atoms with Crippen molar-refractivity contribution < 1.29 is 19.4 Å². The second kappa shape index (κ2) is 13.3. The Morgan fingerprint density at radius 1 is 1.26 bits per heavy atom. The molecule has 1 N–H and O–H groups in total. The number of hydrogen-bond acceptors (Lipinski definition) is 5. The van der Waals surface area contributed by atoms with Gasteiger partial charge < -0.3 is 24.2 Å². The highest BCUT2D eigenvalue weighted by Crippen LogP contribution is 2.14. The molecule has 1 unspecified atom stereocenters. The Morgan fingerprint density at radius 2 is 1.94 bits per heavy atom. The van der Waals surface area contributed by atoms with Crippen LogP contribution < -0.4 is 5.56 Å². The predicted molar refractivity (Wildman–Crippen MR) is 120 cm³/mol. The van der Waals surface area contributed by atoms with Gasteiger partial charge in [-0.25, -0.2) is 0 Å². The number of likely N-dealkylation sites (tertiary alicyclic amines) is 1. The van der Waals surface area contributed by atoms with Gasteiger partial charge in [0.15, 0.2) is 0 Å². The van der Waals surface area contributed by atoms with Crippen LogP contribution in [0.4, 0.5) is 0 Å². The Bertz CT molecular complexity index is 750. The van der Waals surface area contributed by atoms with Crippen molar-refractivity contribution in [3.8, 4) is 0 Å². The number of hydrogen-bond donors (Lipinski definition) is 1. The quantitative estimate of drug-likeness (QED) is 0.661. The molecule has 2 saturated heterocycles. The lowest BCUT2D eigenvalue weighted by molar-refractivity contribution is -0.122. The molecule has 1 amide bonds. The first-order valence-electron chi connectivity index (χ1n) is 11.3. The van der Waals surface area contributed by atoms with E-state index in [9.17, 15) is 9.59 Å². The van der Waals surface area contributed by atoms with E-state index in [1.165, 1.54) is 38.8 Å². The third kappa shape index (κ3) is 7.78. The van der Waals surface area contributed by atoms with Gasteiger partial charge in [0, 0.05) is 26.4 Å². The van der Waals surface area contributed by atoms with Crippen LogP contribution in [0.5, 0.6) is 0 Å². The first-order valence-corrected chi connectivity index (χ1v) is 11.3. The average Bonchev–Trinajstić information content (AvgIpc) is 3.12. The second-order valence-electron chi connectivity index (χ2n) is 8.41. The summed E-state index contributed by atoms with van der Waals surface area (Å²) in [7, 11) is 1.81. The van der Waals surface area contributed by atoms with E-state index in [1.807, 2.05) is 13.0 Å². The highest BCUT2D eigenvalue weighted by molar-refractivity contribution is 5.95. The number of ether oxygens (including phenoxy) is 1. The molecule has 0 aliphatic carbocycles. The number of aryl methyl sites for hydroxylation is 1. The summed E-state index contributed by atoms with van der Waals surface area (Å²) in [5.41, 5.74) is 0.857. The van der Waals surface area contributed by atoms with Crippen LogP contribution >= 0.6 is 0 Å². The molecule has 1 aromatic rings. The van der Waals surface area contributed by atoms with Crippen LogP contribution in [0.1, 0.15) is 60.9 Å². The van der Waals surface area contributed by atoms with Gasteiger partial charge in [-0.3, -0.25) is 14.4 Å². The first-order chi connectivity index (χ1) is 15.0. The average molecular weight is 436 g/mol. The number of aromatic nitrogens is 1. The Morgan fingerprint density at radius 3 is 2.55 bits per heavy atom. The molecule has 1 atom stereocenters. The van der Waals surface area contributed by atoms with Crippen molar-refractivity contribution in [3.63, 3.8) is 0 Å². The molecule has 8 heteroatoms. The number of carbonyl (C=O) groups excluding carboxylic acids is 1. The van der Waals surface area contributed by atoms with Gasteiger partial charge in [0.05, 0.1) is 12.6 Å². The smallest absolute Gasteiger partial charge is 0.290 e. The molecule has 0 bridgehead atoms. The van der Waals surface area contributed by atoms with Gasteiger partial charge in [0.1, 0.15) is 5.56 Å².